The predicted octanol–water partition coefficient (Wildman–Crippen LogP) is 0.284. The summed E-state index contributed by atoms with van der Waals surface area (Å²) in [5.41, 5.74) is 3.10. The number of fused-ring (bicyclic) bond motifs is 1. The fourth-order valence-corrected chi connectivity index (χ4v) is 3.51. The van der Waals surface area contributed by atoms with Crippen LogP contribution in [0.2, 0.25) is 0 Å². The van der Waals surface area contributed by atoms with Gasteiger partial charge in [-0.25, -0.2) is 9.13 Å². The molecule has 5 heteroatoms. The average molecular weight is 413 g/mol. The van der Waals surface area contributed by atoms with Crippen molar-refractivity contribution in [1.29, 1.82) is 0 Å². The summed E-state index contributed by atoms with van der Waals surface area (Å²) in [7, 11) is 1.63. The van der Waals surface area contributed by atoms with E-state index in [0.29, 0.717) is 12.1 Å². The quantitative estimate of drug-likeness (QED) is 0.445. The van der Waals surface area contributed by atoms with Gasteiger partial charge in [-0.2, -0.15) is 0 Å². The van der Waals surface area contributed by atoms with Gasteiger partial charge in [-0.15, -0.1) is 0 Å². The maximum atomic E-state index is 12.7. The molecule has 1 aromatic heterocycles. The Morgan fingerprint density at radius 1 is 1.12 bits per heavy atom. The molecule has 0 saturated heterocycles. The first-order valence-corrected chi connectivity index (χ1v) is 8.61. The first-order valence-electron chi connectivity index (χ1n) is 8.61. The van der Waals surface area contributed by atoms with Gasteiger partial charge in [0.1, 0.15) is 11.9 Å². The molecule has 0 N–H and O–H groups in total. The van der Waals surface area contributed by atoms with E-state index in [0.717, 1.165) is 25.1 Å². The molecular weight excluding hydrogens is 392 g/mol. The summed E-state index contributed by atoms with van der Waals surface area (Å²) in [4.78, 5) is 12.7. The molecule has 134 valence electrons. The Morgan fingerprint density at radius 3 is 2.54 bits per heavy atom. The van der Waals surface area contributed by atoms with Crippen molar-refractivity contribution in [2.75, 3.05) is 7.11 Å². The lowest BCUT2D eigenvalue weighted by atomic mass is 10.1. The Balaban J connectivity index is 0.00000196. The number of nitrogens with zero attached hydrogens (tertiary/aromatic N) is 2. The van der Waals surface area contributed by atoms with E-state index in [1.54, 1.807) is 7.11 Å². The second kappa shape index (κ2) is 7.87. The highest BCUT2D eigenvalue weighted by Gasteiger charge is 2.29. The van der Waals surface area contributed by atoms with Crippen LogP contribution in [-0.2, 0) is 19.5 Å². The highest BCUT2D eigenvalue weighted by Crippen LogP contribution is 2.24. The monoisotopic (exact) mass is 412 g/mol. The van der Waals surface area contributed by atoms with Crippen LogP contribution >= 0.6 is 0 Å². The number of imidazole rings is 1. The molecule has 2 aromatic carbocycles. The summed E-state index contributed by atoms with van der Waals surface area (Å²) < 4.78 is 9.62. The van der Waals surface area contributed by atoms with Crippen LogP contribution in [0.25, 0.3) is 11.3 Å². The lowest BCUT2D eigenvalue weighted by Crippen LogP contribution is -3.00. The Labute approximate surface area is 163 Å². The van der Waals surface area contributed by atoms with Gasteiger partial charge in [0.2, 0.25) is 5.78 Å². The van der Waals surface area contributed by atoms with Crippen molar-refractivity contribution < 1.29 is 31.1 Å². The van der Waals surface area contributed by atoms with Gasteiger partial charge in [-0.1, -0.05) is 30.3 Å². The molecular formula is C21H21BrN2O2. The van der Waals surface area contributed by atoms with Crippen LogP contribution in [0.3, 0.4) is 0 Å². The maximum absolute atomic E-state index is 12.7. The van der Waals surface area contributed by atoms with Crippen molar-refractivity contribution in [3.63, 3.8) is 0 Å². The molecule has 4 nitrogen and oxygen atoms in total. The topological polar surface area (TPSA) is 35.1 Å². The second-order valence-electron chi connectivity index (χ2n) is 6.33. The maximum Gasteiger partial charge on any atom is 0.257 e. The zero-order chi connectivity index (χ0) is 17.2. The number of halogens is 1. The van der Waals surface area contributed by atoms with E-state index < -0.39 is 0 Å². The van der Waals surface area contributed by atoms with Crippen molar-refractivity contribution in [3.8, 4) is 17.0 Å². The van der Waals surface area contributed by atoms with Gasteiger partial charge in [0.25, 0.3) is 5.82 Å². The van der Waals surface area contributed by atoms with Crippen LogP contribution in [0.1, 0.15) is 22.6 Å². The van der Waals surface area contributed by atoms with Gasteiger partial charge in [-0.3, -0.25) is 4.79 Å². The van der Waals surface area contributed by atoms with E-state index in [9.17, 15) is 4.79 Å². The third kappa shape index (κ3) is 3.44. The van der Waals surface area contributed by atoms with E-state index in [4.69, 9.17) is 4.74 Å². The number of carbonyl (C=O) groups is 1. The summed E-state index contributed by atoms with van der Waals surface area (Å²) >= 11 is 0. The number of hydrogen-bond acceptors (Lipinski definition) is 2. The molecule has 1 aliphatic rings. The number of aromatic nitrogens is 2. The van der Waals surface area contributed by atoms with Crippen LogP contribution < -0.4 is 26.3 Å². The zero-order valence-electron chi connectivity index (χ0n) is 14.7. The first kappa shape index (κ1) is 18.4. The summed E-state index contributed by atoms with van der Waals surface area (Å²) in [6.45, 7) is 1.39. The van der Waals surface area contributed by atoms with Gasteiger partial charge >= 0.3 is 0 Å². The van der Waals surface area contributed by atoms with Crippen LogP contribution in [0, 0.1) is 0 Å². The molecule has 0 saturated carbocycles. The van der Waals surface area contributed by atoms with Crippen molar-refractivity contribution >= 4 is 5.78 Å². The molecule has 1 aliphatic heterocycles. The molecule has 0 atom stereocenters. The Hall–Kier alpha value is -2.40. The van der Waals surface area contributed by atoms with Crippen molar-refractivity contribution in [1.82, 2.24) is 4.57 Å². The minimum Gasteiger partial charge on any atom is -1.00 e. The summed E-state index contributed by atoms with van der Waals surface area (Å²) in [5.74, 6) is 2.12. The number of hydrogen-bond donors (Lipinski definition) is 0. The van der Waals surface area contributed by atoms with Crippen molar-refractivity contribution in [2.24, 2.45) is 0 Å². The van der Waals surface area contributed by atoms with Gasteiger partial charge in [0.05, 0.1) is 20.1 Å². The van der Waals surface area contributed by atoms with E-state index in [1.807, 2.05) is 30.3 Å². The van der Waals surface area contributed by atoms with Crippen molar-refractivity contribution in [2.45, 2.75) is 25.9 Å². The fourth-order valence-electron chi connectivity index (χ4n) is 3.51. The molecule has 0 unspecified atom stereocenters. The minimum atomic E-state index is 0. The molecule has 0 spiro atoms. The molecule has 0 amide bonds. The van der Waals surface area contributed by atoms with Crippen LogP contribution in [-0.4, -0.2) is 17.5 Å². The molecule has 0 fully saturated rings. The molecule has 4 rings (SSSR count). The van der Waals surface area contributed by atoms with Gasteiger partial charge in [0, 0.05) is 11.1 Å². The van der Waals surface area contributed by atoms with E-state index >= 15 is 0 Å². The third-order valence-corrected chi connectivity index (χ3v) is 4.79. The Bertz CT molecular complexity index is 902. The van der Waals surface area contributed by atoms with Gasteiger partial charge < -0.3 is 21.7 Å². The van der Waals surface area contributed by atoms with Crippen LogP contribution in [0.15, 0.2) is 60.8 Å². The predicted molar refractivity (Wildman–Crippen MR) is 95.7 cm³/mol. The summed E-state index contributed by atoms with van der Waals surface area (Å²) in [6.07, 6.45) is 4.26. The number of rotatable bonds is 5. The number of methoxy groups -OCH3 is 1. The number of Topliss-reactive ketones (excluding diaryl/α,β-unsaturated/α-hetero) is 1. The summed E-state index contributed by atoms with van der Waals surface area (Å²) in [6, 6.07) is 17.7. The second-order valence-corrected chi connectivity index (χ2v) is 6.33. The highest BCUT2D eigenvalue weighted by molar-refractivity contribution is 5.95. The third-order valence-electron chi connectivity index (χ3n) is 4.79. The zero-order valence-corrected chi connectivity index (χ0v) is 16.3. The molecule has 0 radical (unpaired) electrons. The normalized spacial score (nSPS) is 12.3. The molecule has 26 heavy (non-hydrogen) atoms. The van der Waals surface area contributed by atoms with Crippen LogP contribution in [0.4, 0.5) is 0 Å². The molecule has 0 bridgehead atoms. The first-order chi connectivity index (χ1) is 12.3. The fraction of sp³-hybridized carbons (Fsp3) is 0.238. The standard InChI is InChI=1S/C21H21N2O2.BrH/c1-25-18-11-9-17(10-12-18)20(24)15-22-14-19(16-6-3-2-4-7-16)23-13-5-8-21(22)23;/h2-4,6-7,9-12,14H,5,8,13,15H2,1H3;1H/q+1;/p-1. The van der Waals surface area contributed by atoms with Crippen LogP contribution in [0.5, 0.6) is 5.75 Å². The number of ether oxygens (including phenoxy) is 1. The van der Waals surface area contributed by atoms with E-state index in [2.05, 4.69) is 39.6 Å². The number of benzene rings is 2. The van der Waals surface area contributed by atoms with Crippen molar-refractivity contribution in [3.05, 3.63) is 72.2 Å². The van der Waals surface area contributed by atoms with Gasteiger partial charge in [0.15, 0.2) is 12.2 Å². The molecule has 0 aliphatic carbocycles. The van der Waals surface area contributed by atoms with Gasteiger partial charge in [-0.05, 0) is 30.7 Å². The van der Waals surface area contributed by atoms with E-state index in [1.165, 1.54) is 17.1 Å². The highest BCUT2D eigenvalue weighted by atomic mass is 79.9. The number of carbonyl (C=O) groups excluding carboxylic acids is 1. The Kier molecular flexibility index (Phi) is 5.57. The molecule has 2 heterocycles. The lowest BCUT2D eigenvalue weighted by molar-refractivity contribution is -0.689. The van der Waals surface area contributed by atoms with E-state index in [-0.39, 0.29) is 22.8 Å². The average Bonchev–Trinajstić information content (AvgIpc) is 3.26. The summed E-state index contributed by atoms with van der Waals surface area (Å²) in [5, 5.41) is 0. The number of ketones is 1. The smallest absolute Gasteiger partial charge is 0.257 e. The minimum absolute atomic E-state index is 0. The largest absolute Gasteiger partial charge is 1.00 e. The Morgan fingerprint density at radius 2 is 1.85 bits per heavy atom. The lowest BCUT2D eigenvalue weighted by Gasteiger charge is -2.02. The molecule has 3 aromatic rings. The SMILES string of the molecule is COc1ccc(C(=O)C[n+]2cc(-c3ccccc3)n3c2CCC3)cc1.[Br-].